The molecule has 2 rings (SSSR count). The van der Waals surface area contributed by atoms with Gasteiger partial charge in [-0.3, -0.25) is 4.98 Å². The number of rotatable bonds is 2. The molecule has 0 bridgehead atoms. The summed E-state index contributed by atoms with van der Waals surface area (Å²) in [6.45, 7) is 0. The molecule has 0 spiro atoms. The topological polar surface area (TPSA) is 51.8 Å². The van der Waals surface area contributed by atoms with E-state index in [1.165, 1.54) is 0 Å². The first-order valence-electron chi connectivity index (χ1n) is 4.54. The lowest BCUT2D eigenvalue weighted by molar-refractivity contribution is 1.12. The van der Waals surface area contributed by atoms with E-state index >= 15 is 0 Å². The standard InChI is InChI=1S/C11H10BrN3/c12-10-5-8(6-14-7-10)4-9-2-1-3-15-11(9)13/h1-3,5-7H,4H2,(H2,13,15). The van der Waals surface area contributed by atoms with Crippen molar-refractivity contribution in [3.63, 3.8) is 0 Å². The van der Waals surface area contributed by atoms with E-state index in [0.717, 1.165) is 22.0 Å². The normalized spacial score (nSPS) is 10.2. The molecular weight excluding hydrogens is 254 g/mol. The number of nitrogen functional groups attached to an aromatic ring is 1. The molecule has 0 aliphatic rings. The molecule has 0 fully saturated rings. The Labute approximate surface area is 96.5 Å². The molecule has 0 radical (unpaired) electrons. The third-order valence-corrected chi connectivity index (χ3v) is 2.52. The molecule has 2 heterocycles. The first-order valence-corrected chi connectivity index (χ1v) is 5.34. The number of aromatic nitrogens is 2. The number of hydrogen-bond acceptors (Lipinski definition) is 3. The molecular formula is C11H10BrN3. The molecule has 0 atom stereocenters. The fourth-order valence-electron chi connectivity index (χ4n) is 1.37. The number of nitrogens with zero attached hydrogens (tertiary/aromatic N) is 2. The summed E-state index contributed by atoms with van der Waals surface area (Å²) in [6, 6.07) is 5.89. The Balaban J connectivity index is 2.26. The second kappa shape index (κ2) is 4.40. The van der Waals surface area contributed by atoms with Crippen LogP contribution in [0.1, 0.15) is 11.1 Å². The molecule has 0 unspecified atom stereocenters. The van der Waals surface area contributed by atoms with Crippen molar-refractivity contribution in [2.45, 2.75) is 6.42 Å². The largest absolute Gasteiger partial charge is 0.383 e. The Hall–Kier alpha value is -1.42. The Morgan fingerprint density at radius 1 is 1.33 bits per heavy atom. The minimum atomic E-state index is 0.581. The number of halogens is 1. The van der Waals surface area contributed by atoms with Crippen LogP contribution in [0.3, 0.4) is 0 Å². The summed E-state index contributed by atoms with van der Waals surface area (Å²) in [5, 5.41) is 0. The summed E-state index contributed by atoms with van der Waals surface area (Å²) in [7, 11) is 0. The second-order valence-electron chi connectivity index (χ2n) is 3.24. The summed E-state index contributed by atoms with van der Waals surface area (Å²) in [4.78, 5) is 8.15. The van der Waals surface area contributed by atoms with Crippen molar-refractivity contribution in [3.05, 3.63) is 52.4 Å². The Morgan fingerprint density at radius 2 is 2.20 bits per heavy atom. The van der Waals surface area contributed by atoms with E-state index in [0.29, 0.717) is 5.82 Å². The first-order chi connectivity index (χ1) is 7.25. The number of nitrogens with two attached hydrogens (primary N) is 1. The van der Waals surface area contributed by atoms with Crippen molar-refractivity contribution in [2.75, 3.05) is 5.73 Å². The summed E-state index contributed by atoms with van der Waals surface area (Å²) < 4.78 is 0.975. The quantitative estimate of drug-likeness (QED) is 0.906. The fraction of sp³-hybridized carbons (Fsp3) is 0.0909. The molecule has 0 aliphatic heterocycles. The highest BCUT2D eigenvalue weighted by Gasteiger charge is 2.01. The van der Waals surface area contributed by atoms with Gasteiger partial charge >= 0.3 is 0 Å². The van der Waals surface area contributed by atoms with E-state index in [1.807, 2.05) is 24.4 Å². The van der Waals surface area contributed by atoms with Gasteiger partial charge in [-0.15, -0.1) is 0 Å². The van der Waals surface area contributed by atoms with Crippen LogP contribution in [0.15, 0.2) is 41.3 Å². The van der Waals surface area contributed by atoms with E-state index in [9.17, 15) is 0 Å². The minimum absolute atomic E-state index is 0.581. The molecule has 2 aromatic heterocycles. The summed E-state index contributed by atoms with van der Waals surface area (Å²) in [5.41, 5.74) is 7.90. The highest BCUT2D eigenvalue weighted by molar-refractivity contribution is 9.10. The molecule has 2 N–H and O–H groups in total. The fourth-order valence-corrected chi connectivity index (χ4v) is 1.78. The highest BCUT2D eigenvalue weighted by atomic mass is 79.9. The third kappa shape index (κ3) is 2.53. The first kappa shape index (κ1) is 10.1. The van der Waals surface area contributed by atoms with Crippen LogP contribution < -0.4 is 5.73 Å². The summed E-state index contributed by atoms with van der Waals surface area (Å²) >= 11 is 3.38. The second-order valence-corrected chi connectivity index (χ2v) is 4.15. The van der Waals surface area contributed by atoms with Gasteiger partial charge in [0, 0.05) is 29.5 Å². The van der Waals surface area contributed by atoms with Crippen LogP contribution in [0.5, 0.6) is 0 Å². The van der Waals surface area contributed by atoms with Gasteiger partial charge in [0.05, 0.1) is 0 Å². The maximum absolute atomic E-state index is 5.76. The maximum atomic E-state index is 5.76. The van der Waals surface area contributed by atoms with Gasteiger partial charge in [0.15, 0.2) is 0 Å². The summed E-state index contributed by atoms with van der Waals surface area (Å²) in [5.74, 6) is 0.581. The Kier molecular flexibility index (Phi) is 2.97. The number of hydrogen-bond donors (Lipinski definition) is 1. The SMILES string of the molecule is Nc1ncccc1Cc1cncc(Br)c1. The van der Waals surface area contributed by atoms with Crippen molar-refractivity contribution in [1.82, 2.24) is 9.97 Å². The van der Waals surface area contributed by atoms with Crippen LogP contribution in [0.4, 0.5) is 5.82 Å². The lowest BCUT2D eigenvalue weighted by Gasteiger charge is -2.04. The van der Waals surface area contributed by atoms with Crippen molar-refractivity contribution in [3.8, 4) is 0 Å². The third-order valence-electron chi connectivity index (χ3n) is 2.08. The van der Waals surface area contributed by atoms with Crippen LogP contribution in [-0.2, 0) is 6.42 Å². The predicted octanol–water partition coefficient (Wildman–Crippen LogP) is 2.41. The molecule has 3 nitrogen and oxygen atoms in total. The summed E-state index contributed by atoms with van der Waals surface area (Å²) in [6.07, 6.45) is 6.04. The van der Waals surface area contributed by atoms with E-state index in [-0.39, 0.29) is 0 Å². The van der Waals surface area contributed by atoms with Gasteiger partial charge in [0.25, 0.3) is 0 Å². The molecule has 0 aromatic carbocycles. The van der Waals surface area contributed by atoms with Crippen molar-refractivity contribution < 1.29 is 0 Å². The van der Waals surface area contributed by atoms with Gasteiger partial charge in [-0.25, -0.2) is 4.98 Å². The van der Waals surface area contributed by atoms with Gasteiger partial charge in [-0.05, 0) is 39.2 Å². The molecule has 0 saturated heterocycles. The Bertz CT molecular complexity index is 471. The average molecular weight is 264 g/mol. The molecule has 2 aromatic rings. The van der Waals surface area contributed by atoms with E-state index in [2.05, 4.69) is 25.9 Å². The van der Waals surface area contributed by atoms with Crippen molar-refractivity contribution >= 4 is 21.7 Å². The van der Waals surface area contributed by atoms with Crippen LogP contribution in [-0.4, -0.2) is 9.97 Å². The molecule has 15 heavy (non-hydrogen) atoms. The van der Waals surface area contributed by atoms with Crippen LogP contribution >= 0.6 is 15.9 Å². The van der Waals surface area contributed by atoms with Crippen LogP contribution in [0, 0.1) is 0 Å². The van der Waals surface area contributed by atoms with Gasteiger partial charge in [-0.1, -0.05) is 6.07 Å². The Morgan fingerprint density at radius 3 is 2.93 bits per heavy atom. The predicted molar refractivity (Wildman–Crippen MR) is 63.4 cm³/mol. The molecule has 0 saturated carbocycles. The van der Waals surface area contributed by atoms with Crippen molar-refractivity contribution in [2.24, 2.45) is 0 Å². The average Bonchev–Trinajstić information content (AvgIpc) is 2.22. The monoisotopic (exact) mass is 263 g/mol. The van der Waals surface area contributed by atoms with Gasteiger partial charge in [0.1, 0.15) is 5.82 Å². The minimum Gasteiger partial charge on any atom is -0.383 e. The zero-order chi connectivity index (χ0) is 10.7. The number of anilines is 1. The molecule has 76 valence electrons. The maximum Gasteiger partial charge on any atom is 0.126 e. The smallest absolute Gasteiger partial charge is 0.126 e. The van der Waals surface area contributed by atoms with Crippen LogP contribution in [0.2, 0.25) is 0 Å². The lowest BCUT2D eigenvalue weighted by atomic mass is 10.1. The molecule has 0 amide bonds. The lowest BCUT2D eigenvalue weighted by Crippen LogP contribution is -1.98. The highest BCUT2D eigenvalue weighted by Crippen LogP contribution is 2.16. The van der Waals surface area contributed by atoms with Gasteiger partial charge in [0.2, 0.25) is 0 Å². The molecule has 0 aliphatic carbocycles. The van der Waals surface area contributed by atoms with Crippen molar-refractivity contribution in [1.29, 1.82) is 0 Å². The zero-order valence-corrected chi connectivity index (χ0v) is 9.61. The molecule has 4 heteroatoms. The zero-order valence-electron chi connectivity index (χ0n) is 8.02. The van der Waals surface area contributed by atoms with Gasteiger partial charge < -0.3 is 5.73 Å². The number of pyridine rings is 2. The van der Waals surface area contributed by atoms with Gasteiger partial charge in [-0.2, -0.15) is 0 Å². The van der Waals surface area contributed by atoms with E-state index < -0.39 is 0 Å². The van der Waals surface area contributed by atoms with E-state index in [1.54, 1.807) is 12.4 Å². The van der Waals surface area contributed by atoms with E-state index in [4.69, 9.17) is 5.73 Å². The van der Waals surface area contributed by atoms with Crippen LogP contribution in [0.25, 0.3) is 0 Å².